The molecule has 0 unspecified atom stereocenters. The van der Waals surface area contributed by atoms with Gasteiger partial charge in [0.25, 0.3) is 0 Å². The largest absolute Gasteiger partial charge is 0.311 e. The molecule has 0 spiro atoms. The highest BCUT2D eigenvalue weighted by atomic mass is 19.1. The summed E-state index contributed by atoms with van der Waals surface area (Å²) < 4.78 is 13.0. The molecule has 1 aliphatic rings. The van der Waals surface area contributed by atoms with Crippen molar-refractivity contribution in [2.45, 2.75) is 33.1 Å². The van der Waals surface area contributed by atoms with Gasteiger partial charge in [-0.2, -0.15) is 0 Å². The molecule has 2 aromatic carbocycles. The second-order valence-electron chi connectivity index (χ2n) is 7.62. The molecular weight excluding hydrogens is 339 g/mol. The maximum atomic E-state index is 13.0. The fourth-order valence-electron chi connectivity index (χ4n) is 3.80. The monoisotopic (exact) mass is 368 g/mol. The third-order valence-electron chi connectivity index (χ3n) is 5.51. The molecule has 1 saturated heterocycles. The molecule has 0 bridgehead atoms. The van der Waals surface area contributed by atoms with Crippen LogP contribution in [0.3, 0.4) is 0 Å². The van der Waals surface area contributed by atoms with E-state index in [0.29, 0.717) is 5.92 Å². The van der Waals surface area contributed by atoms with E-state index >= 15 is 0 Å². The highest BCUT2D eigenvalue weighted by Gasteiger charge is 2.21. The van der Waals surface area contributed by atoms with E-state index < -0.39 is 0 Å². The van der Waals surface area contributed by atoms with Crippen LogP contribution in [0.4, 0.5) is 10.1 Å². The summed E-state index contributed by atoms with van der Waals surface area (Å²) in [4.78, 5) is 16.4. The number of anilines is 1. The van der Waals surface area contributed by atoms with Gasteiger partial charge in [-0.25, -0.2) is 4.39 Å². The third-order valence-corrected chi connectivity index (χ3v) is 5.51. The number of benzene rings is 2. The summed E-state index contributed by atoms with van der Waals surface area (Å²) in [6, 6.07) is 15.0. The second kappa shape index (κ2) is 9.14. The minimum absolute atomic E-state index is 0.0880. The highest BCUT2D eigenvalue weighted by molar-refractivity contribution is 5.91. The fraction of sp³-hybridized carbons (Fsp3) is 0.435. The quantitative estimate of drug-likeness (QED) is 0.752. The Morgan fingerprint density at radius 1 is 1.07 bits per heavy atom. The second-order valence-corrected chi connectivity index (χ2v) is 7.62. The first-order chi connectivity index (χ1) is 13.0. The van der Waals surface area contributed by atoms with E-state index in [2.05, 4.69) is 11.8 Å². The first kappa shape index (κ1) is 19.6. The summed E-state index contributed by atoms with van der Waals surface area (Å²) in [7, 11) is 0. The summed E-state index contributed by atoms with van der Waals surface area (Å²) in [5.41, 5.74) is 3.39. The molecule has 1 heterocycles. The van der Waals surface area contributed by atoms with Crippen LogP contribution in [0.5, 0.6) is 0 Å². The number of rotatable bonds is 6. The van der Waals surface area contributed by atoms with Crippen LogP contribution in [0.15, 0.2) is 48.5 Å². The van der Waals surface area contributed by atoms with Crippen molar-refractivity contribution in [1.82, 2.24) is 4.90 Å². The molecule has 3 nitrogen and oxygen atoms in total. The van der Waals surface area contributed by atoms with E-state index in [4.69, 9.17) is 0 Å². The van der Waals surface area contributed by atoms with Gasteiger partial charge < -0.3 is 9.80 Å². The maximum Gasteiger partial charge on any atom is 0.223 e. The summed E-state index contributed by atoms with van der Waals surface area (Å²) >= 11 is 0. The summed E-state index contributed by atoms with van der Waals surface area (Å²) in [6.45, 7) is 7.43. The van der Waals surface area contributed by atoms with Gasteiger partial charge in [0.15, 0.2) is 0 Å². The first-order valence-corrected chi connectivity index (χ1v) is 9.83. The summed E-state index contributed by atoms with van der Waals surface area (Å²) in [5.74, 6) is 0.579. The van der Waals surface area contributed by atoms with Crippen molar-refractivity contribution < 1.29 is 9.18 Å². The zero-order valence-corrected chi connectivity index (χ0v) is 16.3. The topological polar surface area (TPSA) is 23.6 Å². The maximum absolute atomic E-state index is 13.0. The van der Waals surface area contributed by atoms with Crippen LogP contribution >= 0.6 is 0 Å². The molecule has 2 aromatic rings. The molecule has 0 aliphatic carbocycles. The number of nitrogens with zero attached hydrogens (tertiary/aromatic N) is 2. The highest BCUT2D eigenvalue weighted by Crippen LogP contribution is 2.22. The molecular formula is C23H29FN2O. The van der Waals surface area contributed by atoms with Gasteiger partial charge in [-0.3, -0.25) is 4.79 Å². The Morgan fingerprint density at radius 3 is 2.30 bits per heavy atom. The Kier molecular flexibility index (Phi) is 6.62. The number of piperidine rings is 1. The van der Waals surface area contributed by atoms with Gasteiger partial charge in [-0.1, -0.05) is 29.8 Å². The molecule has 1 aliphatic heterocycles. The van der Waals surface area contributed by atoms with Gasteiger partial charge >= 0.3 is 0 Å². The molecule has 4 heteroatoms. The van der Waals surface area contributed by atoms with Crippen molar-refractivity contribution in [3.05, 3.63) is 65.5 Å². The van der Waals surface area contributed by atoms with Gasteiger partial charge in [0.05, 0.1) is 0 Å². The van der Waals surface area contributed by atoms with Gasteiger partial charge in [-0.05, 0) is 75.0 Å². The van der Waals surface area contributed by atoms with Crippen LogP contribution < -0.4 is 4.90 Å². The number of halogens is 1. The Labute approximate surface area is 161 Å². The fourth-order valence-corrected chi connectivity index (χ4v) is 3.80. The molecule has 0 radical (unpaired) electrons. The minimum atomic E-state index is -0.169. The molecule has 0 aromatic heterocycles. The van der Waals surface area contributed by atoms with Crippen LogP contribution in [-0.2, 0) is 11.2 Å². The molecule has 0 saturated carbocycles. The lowest BCUT2D eigenvalue weighted by Gasteiger charge is -2.33. The zero-order valence-electron chi connectivity index (χ0n) is 16.3. The normalized spacial score (nSPS) is 15.7. The molecule has 1 amide bonds. The zero-order chi connectivity index (χ0) is 19.2. The Balaban J connectivity index is 1.47. The third kappa shape index (κ3) is 5.64. The molecule has 144 valence electrons. The number of amides is 1. The SMILES string of the molecule is CC(=O)N(CCN1CCC(Cc2ccc(F)cc2)CC1)c1ccc(C)cc1. The van der Waals surface area contributed by atoms with Crippen LogP contribution in [0, 0.1) is 18.7 Å². The summed E-state index contributed by atoms with van der Waals surface area (Å²) in [6.07, 6.45) is 3.33. The Morgan fingerprint density at radius 2 is 1.70 bits per heavy atom. The van der Waals surface area contributed by atoms with Crippen LogP contribution in [0.2, 0.25) is 0 Å². The van der Waals surface area contributed by atoms with Crippen molar-refractivity contribution in [1.29, 1.82) is 0 Å². The molecule has 27 heavy (non-hydrogen) atoms. The van der Waals surface area contributed by atoms with Gasteiger partial charge in [0.1, 0.15) is 5.82 Å². The van der Waals surface area contributed by atoms with E-state index in [0.717, 1.165) is 51.1 Å². The lowest BCUT2D eigenvalue weighted by Crippen LogP contribution is -2.41. The van der Waals surface area contributed by atoms with Crippen molar-refractivity contribution in [3.8, 4) is 0 Å². The van der Waals surface area contributed by atoms with Crippen molar-refractivity contribution in [2.24, 2.45) is 5.92 Å². The average Bonchev–Trinajstić information content (AvgIpc) is 2.66. The first-order valence-electron chi connectivity index (χ1n) is 9.83. The predicted octanol–water partition coefficient (Wildman–Crippen LogP) is 4.44. The van der Waals surface area contributed by atoms with Crippen LogP contribution in [-0.4, -0.2) is 37.0 Å². The van der Waals surface area contributed by atoms with Crippen molar-refractivity contribution >= 4 is 11.6 Å². The number of carbonyl (C=O) groups excluding carboxylic acids is 1. The number of aryl methyl sites for hydroxylation is 1. The van der Waals surface area contributed by atoms with E-state index in [1.807, 2.05) is 41.3 Å². The summed E-state index contributed by atoms with van der Waals surface area (Å²) in [5, 5.41) is 0. The van der Waals surface area contributed by atoms with E-state index in [-0.39, 0.29) is 11.7 Å². The number of carbonyl (C=O) groups is 1. The predicted molar refractivity (Wildman–Crippen MR) is 108 cm³/mol. The van der Waals surface area contributed by atoms with Crippen LogP contribution in [0.25, 0.3) is 0 Å². The van der Waals surface area contributed by atoms with Crippen LogP contribution in [0.1, 0.15) is 30.9 Å². The van der Waals surface area contributed by atoms with E-state index in [1.165, 1.54) is 11.1 Å². The van der Waals surface area contributed by atoms with E-state index in [9.17, 15) is 9.18 Å². The van der Waals surface area contributed by atoms with Gasteiger partial charge in [-0.15, -0.1) is 0 Å². The molecule has 3 rings (SSSR count). The average molecular weight is 368 g/mol. The van der Waals surface area contributed by atoms with E-state index in [1.54, 1.807) is 19.1 Å². The Hall–Kier alpha value is -2.20. The van der Waals surface area contributed by atoms with Gasteiger partial charge in [0.2, 0.25) is 5.91 Å². The van der Waals surface area contributed by atoms with Crippen molar-refractivity contribution in [3.63, 3.8) is 0 Å². The molecule has 0 N–H and O–H groups in total. The number of likely N-dealkylation sites (tertiary alicyclic amines) is 1. The standard InChI is InChI=1S/C23H29FN2O/c1-18-3-9-23(10-4-18)26(19(2)27)16-15-25-13-11-21(12-14-25)17-20-5-7-22(24)8-6-20/h3-10,21H,11-17H2,1-2H3. The minimum Gasteiger partial charge on any atom is -0.311 e. The molecule has 1 fully saturated rings. The van der Waals surface area contributed by atoms with Crippen molar-refractivity contribution in [2.75, 3.05) is 31.1 Å². The van der Waals surface area contributed by atoms with Gasteiger partial charge in [0, 0.05) is 25.7 Å². The lowest BCUT2D eigenvalue weighted by molar-refractivity contribution is -0.116. The molecule has 0 atom stereocenters. The number of hydrogen-bond acceptors (Lipinski definition) is 2. The lowest BCUT2D eigenvalue weighted by atomic mass is 9.90. The Bertz CT molecular complexity index is 734. The number of hydrogen-bond donors (Lipinski definition) is 0. The smallest absolute Gasteiger partial charge is 0.223 e.